The lowest BCUT2D eigenvalue weighted by atomic mass is 9.65. The van der Waals surface area contributed by atoms with Crippen molar-refractivity contribution in [2.24, 2.45) is 0 Å². The number of hydrogen-bond donors (Lipinski definition) is 0. The topological polar surface area (TPSA) is 43.9 Å². The van der Waals surface area contributed by atoms with Gasteiger partial charge < -0.3 is 14.7 Å². The molecular formula is C28H33N3O2. The number of ketones is 1. The van der Waals surface area contributed by atoms with Gasteiger partial charge in [-0.1, -0.05) is 68.0 Å². The molecule has 2 heterocycles. The number of rotatable bonds is 4. The van der Waals surface area contributed by atoms with Crippen LogP contribution in [0.15, 0.2) is 66.2 Å². The molecule has 33 heavy (non-hydrogen) atoms. The highest BCUT2D eigenvalue weighted by Gasteiger charge is 2.60. The zero-order chi connectivity index (χ0) is 23.5. The van der Waals surface area contributed by atoms with Crippen LogP contribution in [-0.2, 0) is 10.2 Å². The molecule has 5 nitrogen and oxygen atoms in total. The monoisotopic (exact) mass is 443 g/mol. The Balaban J connectivity index is 1.71. The third kappa shape index (κ3) is 2.91. The third-order valence-electron chi connectivity index (χ3n) is 8.18. The van der Waals surface area contributed by atoms with E-state index in [0.29, 0.717) is 0 Å². The van der Waals surface area contributed by atoms with Crippen LogP contribution in [0.4, 0.5) is 10.5 Å². The summed E-state index contributed by atoms with van der Waals surface area (Å²) in [5.74, 6) is 0.201. The molecule has 1 saturated heterocycles. The molecule has 2 aromatic rings. The molecule has 0 aromatic heterocycles. The maximum Gasteiger partial charge on any atom is 0.321 e. The fourth-order valence-corrected chi connectivity index (χ4v) is 6.47. The Morgan fingerprint density at radius 1 is 0.939 bits per heavy atom. The fraction of sp³-hybridized carbons (Fsp3) is 0.429. The third-order valence-corrected chi connectivity index (χ3v) is 8.18. The fourth-order valence-electron chi connectivity index (χ4n) is 6.47. The second-order valence-corrected chi connectivity index (χ2v) is 9.93. The quantitative estimate of drug-likeness (QED) is 0.672. The van der Waals surface area contributed by atoms with Crippen LogP contribution >= 0.6 is 0 Å². The number of para-hydroxylation sites is 1. The Morgan fingerprint density at radius 2 is 1.61 bits per heavy atom. The van der Waals surface area contributed by atoms with Crippen LogP contribution in [0.5, 0.6) is 0 Å². The van der Waals surface area contributed by atoms with Gasteiger partial charge in [0, 0.05) is 19.8 Å². The molecule has 1 aliphatic carbocycles. The molecule has 5 atom stereocenters. The first-order valence-electron chi connectivity index (χ1n) is 12.0. The lowest BCUT2D eigenvalue weighted by Gasteiger charge is -2.47. The largest absolute Gasteiger partial charge is 0.368 e. The number of carbonyl (C=O) groups is 2. The Bertz CT molecular complexity index is 1130. The van der Waals surface area contributed by atoms with Crippen molar-refractivity contribution in [3.05, 3.63) is 77.4 Å². The molecule has 172 valence electrons. The maximum absolute atomic E-state index is 13.9. The molecule has 2 aromatic carbocycles. The number of allylic oxidation sites excluding steroid dienone is 1. The Kier molecular flexibility index (Phi) is 5.11. The summed E-state index contributed by atoms with van der Waals surface area (Å²) in [5.41, 5.74) is 3.44. The van der Waals surface area contributed by atoms with Crippen molar-refractivity contribution in [2.45, 2.75) is 63.2 Å². The van der Waals surface area contributed by atoms with E-state index in [9.17, 15) is 9.59 Å². The van der Waals surface area contributed by atoms with Crippen molar-refractivity contribution < 1.29 is 9.59 Å². The minimum atomic E-state index is -0.693. The van der Waals surface area contributed by atoms with Crippen molar-refractivity contribution in [3.63, 3.8) is 0 Å². The molecule has 2 aliphatic heterocycles. The number of likely N-dealkylation sites (N-methyl/N-ethyl adjacent to an activating group) is 2. The van der Waals surface area contributed by atoms with E-state index in [4.69, 9.17) is 0 Å². The molecule has 0 bridgehead atoms. The van der Waals surface area contributed by atoms with Crippen molar-refractivity contribution in [1.29, 1.82) is 0 Å². The summed E-state index contributed by atoms with van der Waals surface area (Å²) >= 11 is 0. The molecule has 0 saturated carbocycles. The van der Waals surface area contributed by atoms with Crippen LogP contribution in [0.25, 0.3) is 0 Å². The average Bonchev–Trinajstić information content (AvgIpc) is 3.20. The van der Waals surface area contributed by atoms with Crippen LogP contribution in [-0.4, -0.2) is 53.8 Å². The van der Waals surface area contributed by atoms with Gasteiger partial charge in [-0.2, -0.15) is 0 Å². The van der Waals surface area contributed by atoms with E-state index in [2.05, 4.69) is 63.1 Å². The number of fused-ring (bicyclic) bond motifs is 3. The number of benzene rings is 2. The second-order valence-electron chi connectivity index (χ2n) is 9.93. The van der Waals surface area contributed by atoms with Gasteiger partial charge in [0.1, 0.15) is 0 Å². The Morgan fingerprint density at radius 3 is 2.30 bits per heavy atom. The van der Waals surface area contributed by atoms with Gasteiger partial charge in [0.05, 0.1) is 29.6 Å². The zero-order valence-corrected chi connectivity index (χ0v) is 20.2. The van der Waals surface area contributed by atoms with Gasteiger partial charge in [-0.25, -0.2) is 4.79 Å². The van der Waals surface area contributed by atoms with E-state index in [1.807, 2.05) is 47.2 Å². The molecule has 0 spiro atoms. The predicted octanol–water partition coefficient (Wildman–Crippen LogP) is 4.94. The molecule has 5 heteroatoms. The smallest absolute Gasteiger partial charge is 0.321 e. The molecule has 2 unspecified atom stereocenters. The first-order valence-corrected chi connectivity index (χ1v) is 12.0. The van der Waals surface area contributed by atoms with E-state index < -0.39 is 5.41 Å². The number of hydrogen-bond acceptors (Lipinski definition) is 3. The number of amides is 2. The van der Waals surface area contributed by atoms with Crippen molar-refractivity contribution >= 4 is 17.5 Å². The molecular weight excluding hydrogens is 410 g/mol. The Labute approximate surface area is 196 Å². The van der Waals surface area contributed by atoms with Crippen LogP contribution in [0.2, 0.25) is 0 Å². The van der Waals surface area contributed by atoms with Gasteiger partial charge in [0.25, 0.3) is 0 Å². The number of nitrogens with zero attached hydrogens (tertiary/aromatic N) is 3. The number of Topliss-reactive ketones (excluding diaryl/α,β-unsaturated/α-hetero) is 1. The van der Waals surface area contributed by atoms with Crippen molar-refractivity contribution in [2.75, 3.05) is 19.0 Å². The Hall–Kier alpha value is -3.08. The molecule has 2 amide bonds. The van der Waals surface area contributed by atoms with Crippen LogP contribution in [0.1, 0.15) is 50.8 Å². The summed E-state index contributed by atoms with van der Waals surface area (Å²) in [5, 5.41) is 0. The van der Waals surface area contributed by atoms with Crippen molar-refractivity contribution in [1.82, 2.24) is 9.80 Å². The van der Waals surface area contributed by atoms with E-state index in [-0.39, 0.29) is 36.0 Å². The molecule has 5 rings (SSSR count). The zero-order valence-electron chi connectivity index (χ0n) is 20.2. The van der Waals surface area contributed by atoms with Crippen LogP contribution in [0, 0.1) is 0 Å². The molecule has 0 N–H and O–H groups in total. The highest BCUT2D eigenvalue weighted by molar-refractivity contribution is 6.08. The summed E-state index contributed by atoms with van der Waals surface area (Å²) < 4.78 is 0. The minimum absolute atomic E-state index is 0.0227. The van der Waals surface area contributed by atoms with Gasteiger partial charge in [-0.15, -0.1) is 0 Å². The van der Waals surface area contributed by atoms with Crippen LogP contribution in [0.3, 0.4) is 0 Å². The maximum atomic E-state index is 13.9. The average molecular weight is 444 g/mol. The van der Waals surface area contributed by atoms with E-state index >= 15 is 0 Å². The van der Waals surface area contributed by atoms with Gasteiger partial charge >= 0.3 is 6.03 Å². The second kappa shape index (κ2) is 7.75. The summed E-state index contributed by atoms with van der Waals surface area (Å²) in [4.78, 5) is 33.8. The number of carbonyl (C=O) groups excluding carboxylic acids is 2. The standard InChI is InChI=1S/C28H33N3O2/c1-6-12-20-17-23(25-28(3,26(20)32)21-15-10-11-16-22(21)30(25)5)31-24(18(2)29(4)27(31)33)19-13-8-7-9-14-19/h7-11,13-18,23-25H,6,12H2,1-5H3/t18-,23?,24-,25?,28-/m0/s1. The summed E-state index contributed by atoms with van der Waals surface area (Å²) in [6.45, 7) is 6.31. The molecule has 3 aliphatic rings. The summed E-state index contributed by atoms with van der Waals surface area (Å²) in [6, 6.07) is 18.1. The molecule has 1 fully saturated rings. The first-order chi connectivity index (χ1) is 15.8. The van der Waals surface area contributed by atoms with Crippen molar-refractivity contribution in [3.8, 4) is 0 Å². The van der Waals surface area contributed by atoms with E-state index in [0.717, 1.165) is 35.2 Å². The highest BCUT2D eigenvalue weighted by atomic mass is 16.2. The van der Waals surface area contributed by atoms with Gasteiger partial charge in [-0.05, 0) is 43.0 Å². The number of anilines is 1. The summed E-state index contributed by atoms with van der Waals surface area (Å²) in [7, 11) is 3.96. The van der Waals surface area contributed by atoms with Gasteiger partial charge in [0.15, 0.2) is 5.78 Å². The lowest BCUT2D eigenvalue weighted by Crippen LogP contribution is -2.61. The van der Waals surface area contributed by atoms with Crippen LogP contribution < -0.4 is 4.90 Å². The number of urea groups is 1. The van der Waals surface area contributed by atoms with E-state index in [1.165, 1.54) is 0 Å². The van der Waals surface area contributed by atoms with E-state index in [1.54, 1.807) is 0 Å². The minimum Gasteiger partial charge on any atom is -0.368 e. The predicted molar refractivity (Wildman–Crippen MR) is 131 cm³/mol. The highest BCUT2D eigenvalue weighted by Crippen LogP contribution is 2.52. The molecule has 0 radical (unpaired) electrons. The first kappa shape index (κ1) is 21.7. The van der Waals surface area contributed by atoms with Gasteiger partial charge in [-0.3, -0.25) is 4.79 Å². The normalized spacial score (nSPS) is 31.1. The summed E-state index contributed by atoms with van der Waals surface area (Å²) in [6.07, 6.45) is 3.74. The van der Waals surface area contributed by atoms with Gasteiger partial charge in [0.2, 0.25) is 0 Å². The lowest BCUT2D eigenvalue weighted by molar-refractivity contribution is -0.122. The SMILES string of the molecule is CCCC1=CC(N2C(=O)N(C)[C@@H](C)[C@H]2c2ccccc2)C2N(C)c3ccccc3[C@]2(C)C1=O.